The third kappa shape index (κ3) is 5.32. The quantitative estimate of drug-likeness (QED) is 0.252. The molecule has 2 unspecified atom stereocenters. The molecule has 2 aliphatic heterocycles. The Morgan fingerprint density at radius 2 is 1.79 bits per heavy atom. The molecule has 0 bridgehead atoms. The molecule has 12 nitrogen and oxygen atoms in total. The molecule has 48 heavy (non-hydrogen) atoms. The maximum absolute atomic E-state index is 15.4. The van der Waals surface area contributed by atoms with Gasteiger partial charge in [0, 0.05) is 30.1 Å². The molecule has 2 amide bonds. The number of aliphatic hydroxyl groups excluding tert-OH is 1. The fourth-order valence-corrected chi connectivity index (χ4v) is 8.59. The number of nitrogens with one attached hydrogen (secondary N) is 1. The number of aliphatic hydroxyl groups is 1. The standard InChI is InChI=1S/C31H29ClF3N3O9S/c1-36-28(41)24-13-19(40)15-38(24,2)30(22-11-17(16-39)5-9-25(22)46-4)21-12-18(32)6-8-23(21)37(29(30)42)48(43,44)27-10-7-20(45-3)14-26(27)47-31(33,34)35/h5-12,14,16,19,24,40H,13,15H2,1-4H3/p+1/t19-,24+,30?,38?/m1/s1. The number of aldehydes is 1. The normalized spacial score (nSPS) is 23.9. The highest BCUT2D eigenvalue weighted by Gasteiger charge is 2.72. The first-order valence-corrected chi connectivity index (χ1v) is 16.0. The average molecular weight is 713 g/mol. The molecular weight excluding hydrogens is 683 g/mol. The van der Waals surface area contributed by atoms with Crippen LogP contribution in [-0.2, 0) is 25.2 Å². The van der Waals surface area contributed by atoms with Crippen molar-refractivity contribution in [3.8, 4) is 17.2 Å². The number of hydrogen-bond acceptors (Lipinski definition) is 9. The zero-order chi connectivity index (χ0) is 35.4. The summed E-state index contributed by atoms with van der Waals surface area (Å²) in [5, 5.41) is 13.6. The SMILES string of the molecule is CNC(=O)[C@@H]1C[C@@H](O)C[N+]1(C)C1(c2cc(C=O)ccc2OC)C(=O)N(S(=O)(=O)c2ccc(OC)cc2OC(F)(F)F)c2ccc(Cl)cc21. The number of carbonyl (C=O) groups excluding carboxylic acids is 3. The number of alkyl halides is 3. The molecular formula is C31H30ClF3N3O9S+. The molecule has 0 radical (unpaired) electrons. The monoisotopic (exact) mass is 712 g/mol. The van der Waals surface area contributed by atoms with Crippen molar-refractivity contribution < 1.29 is 59.8 Å². The lowest BCUT2D eigenvalue weighted by molar-refractivity contribution is -0.953. The van der Waals surface area contributed by atoms with Crippen molar-refractivity contribution in [1.29, 1.82) is 0 Å². The van der Waals surface area contributed by atoms with Gasteiger partial charge in [-0.2, -0.15) is 4.31 Å². The van der Waals surface area contributed by atoms with Gasteiger partial charge in [-0.25, -0.2) is 8.42 Å². The number of fused-ring (bicyclic) bond motifs is 1. The molecule has 2 aliphatic rings. The van der Waals surface area contributed by atoms with E-state index in [4.69, 9.17) is 21.1 Å². The largest absolute Gasteiger partial charge is 0.573 e. The van der Waals surface area contributed by atoms with Crippen LogP contribution in [0.4, 0.5) is 18.9 Å². The Balaban J connectivity index is 1.93. The second-order valence-electron chi connectivity index (χ2n) is 11.4. The number of sulfonamides is 1. The Morgan fingerprint density at radius 3 is 2.40 bits per heavy atom. The summed E-state index contributed by atoms with van der Waals surface area (Å²) in [5.41, 5.74) is -2.71. The molecule has 4 atom stereocenters. The van der Waals surface area contributed by atoms with E-state index < -0.39 is 61.0 Å². The highest BCUT2D eigenvalue weighted by Crippen LogP contribution is 2.58. The Labute approximate surface area is 278 Å². The van der Waals surface area contributed by atoms with E-state index in [1.807, 2.05) is 0 Å². The fraction of sp³-hybridized carbons (Fsp3) is 0.323. The third-order valence-corrected chi connectivity index (χ3v) is 10.8. The van der Waals surface area contributed by atoms with Gasteiger partial charge in [0.05, 0.1) is 38.1 Å². The molecule has 0 aliphatic carbocycles. The molecule has 1 saturated heterocycles. The van der Waals surface area contributed by atoms with Crippen molar-refractivity contribution in [1.82, 2.24) is 5.32 Å². The predicted octanol–water partition coefficient (Wildman–Crippen LogP) is 3.37. The number of anilines is 1. The Bertz CT molecular complexity index is 1930. The third-order valence-electron chi connectivity index (χ3n) is 8.79. The van der Waals surface area contributed by atoms with E-state index in [1.165, 1.54) is 57.6 Å². The average Bonchev–Trinajstić information content (AvgIpc) is 3.49. The molecule has 1 fully saturated rings. The highest BCUT2D eigenvalue weighted by molar-refractivity contribution is 7.93. The van der Waals surface area contributed by atoms with Crippen LogP contribution in [0, 0.1) is 0 Å². The lowest BCUT2D eigenvalue weighted by Crippen LogP contribution is -2.69. The number of rotatable bonds is 9. The molecule has 2 heterocycles. The minimum atomic E-state index is -5.34. The number of halogens is 4. The fourth-order valence-electron chi connectivity index (χ4n) is 6.86. The number of nitrogens with zero attached hydrogens (tertiary/aromatic N) is 2. The summed E-state index contributed by atoms with van der Waals surface area (Å²) >= 11 is 6.47. The van der Waals surface area contributed by atoms with Crippen LogP contribution in [0.2, 0.25) is 5.02 Å². The minimum absolute atomic E-state index is 0.000983. The first-order chi connectivity index (χ1) is 22.5. The summed E-state index contributed by atoms with van der Waals surface area (Å²) < 4.78 is 84.3. The number of amides is 2. The van der Waals surface area contributed by atoms with Gasteiger partial charge in [0.1, 0.15) is 35.3 Å². The van der Waals surface area contributed by atoms with Crippen molar-refractivity contribution in [3.63, 3.8) is 0 Å². The van der Waals surface area contributed by atoms with E-state index >= 15 is 4.79 Å². The van der Waals surface area contributed by atoms with Crippen molar-refractivity contribution in [2.45, 2.75) is 35.4 Å². The Morgan fingerprint density at radius 1 is 1.08 bits per heavy atom. The summed E-state index contributed by atoms with van der Waals surface area (Å²) in [6.07, 6.45) is -6.19. The number of likely N-dealkylation sites (tertiary alicyclic amines) is 1. The van der Waals surface area contributed by atoms with Crippen LogP contribution in [0.3, 0.4) is 0 Å². The second kappa shape index (κ2) is 12.3. The predicted molar refractivity (Wildman–Crippen MR) is 164 cm³/mol. The van der Waals surface area contributed by atoms with Gasteiger partial charge >= 0.3 is 12.3 Å². The molecule has 3 aromatic carbocycles. The first kappa shape index (κ1) is 34.9. The topological polar surface area (TPSA) is 149 Å². The van der Waals surface area contributed by atoms with E-state index in [0.717, 1.165) is 19.2 Å². The van der Waals surface area contributed by atoms with E-state index in [0.29, 0.717) is 16.7 Å². The van der Waals surface area contributed by atoms with Crippen molar-refractivity contribution in [3.05, 3.63) is 76.3 Å². The van der Waals surface area contributed by atoms with Gasteiger partial charge in [-0.15, -0.1) is 13.2 Å². The van der Waals surface area contributed by atoms with Crippen LogP contribution < -0.4 is 23.8 Å². The summed E-state index contributed by atoms with van der Waals surface area (Å²) in [5.74, 6) is -3.20. The molecule has 0 aromatic heterocycles. The zero-order valence-corrected chi connectivity index (χ0v) is 27.4. The van der Waals surface area contributed by atoms with Crippen LogP contribution in [0.1, 0.15) is 27.9 Å². The summed E-state index contributed by atoms with van der Waals surface area (Å²) in [7, 11) is -0.0571. The lowest BCUT2D eigenvalue weighted by atomic mass is 9.78. The van der Waals surface area contributed by atoms with Gasteiger partial charge in [-0.1, -0.05) is 11.6 Å². The number of methoxy groups -OCH3 is 2. The second-order valence-corrected chi connectivity index (χ2v) is 13.5. The van der Waals surface area contributed by atoms with Crippen molar-refractivity contribution in [2.24, 2.45) is 0 Å². The van der Waals surface area contributed by atoms with Gasteiger partial charge in [0.2, 0.25) is 5.54 Å². The van der Waals surface area contributed by atoms with Crippen molar-refractivity contribution >= 4 is 45.4 Å². The smallest absolute Gasteiger partial charge is 0.497 e. The van der Waals surface area contributed by atoms with Crippen LogP contribution >= 0.6 is 11.6 Å². The maximum atomic E-state index is 15.4. The van der Waals surface area contributed by atoms with Gasteiger partial charge in [-0.05, 0) is 48.5 Å². The molecule has 17 heteroatoms. The molecule has 0 saturated carbocycles. The van der Waals surface area contributed by atoms with E-state index in [-0.39, 0.29) is 51.9 Å². The van der Waals surface area contributed by atoms with E-state index in [9.17, 15) is 36.3 Å². The minimum Gasteiger partial charge on any atom is -0.497 e. The molecule has 0 spiro atoms. The highest BCUT2D eigenvalue weighted by atomic mass is 35.5. The van der Waals surface area contributed by atoms with Crippen LogP contribution in [0.5, 0.6) is 17.2 Å². The number of ether oxygens (including phenoxy) is 3. The number of likely N-dealkylation sites (N-methyl/N-ethyl adjacent to an activating group) is 2. The molecule has 3 aromatic rings. The van der Waals surface area contributed by atoms with Gasteiger partial charge < -0.3 is 24.6 Å². The summed E-state index contributed by atoms with van der Waals surface area (Å²) in [6, 6.07) is 9.24. The van der Waals surface area contributed by atoms with E-state index in [1.54, 1.807) is 0 Å². The maximum Gasteiger partial charge on any atom is 0.573 e. The van der Waals surface area contributed by atoms with Crippen molar-refractivity contribution in [2.75, 3.05) is 39.2 Å². The van der Waals surface area contributed by atoms with Crippen LogP contribution in [0.25, 0.3) is 0 Å². The van der Waals surface area contributed by atoms with Gasteiger partial charge in [-0.3, -0.25) is 18.9 Å². The molecule has 5 rings (SSSR count). The molecule has 2 N–H and O–H groups in total. The first-order valence-electron chi connectivity index (χ1n) is 14.2. The zero-order valence-electron chi connectivity index (χ0n) is 25.9. The number of hydrogen-bond donors (Lipinski definition) is 2. The van der Waals surface area contributed by atoms with Crippen LogP contribution in [-0.4, -0.2) is 89.5 Å². The number of benzene rings is 3. The lowest BCUT2D eigenvalue weighted by Gasteiger charge is -2.48. The number of carbonyl (C=O) groups is 3. The Hall–Kier alpha value is -4.38. The van der Waals surface area contributed by atoms with Gasteiger partial charge in [0.15, 0.2) is 11.8 Å². The van der Waals surface area contributed by atoms with Crippen LogP contribution in [0.15, 0.2) is 59.5 Å². The summed E-state index contributed by atoms with van der Waals surface area (Å²) in [4.78, 5) is 39.9. The Kier molecular flexibility index (Phi) is 8.92. The molecule has 256 valence electrons. The van der Waals surface area contributed by atoms with E-state index in [2.05, 4.69) is 10.1 Å². The van der Waals surface area contributed by atoms with Gasteiger partial charge in [0.25, 0.3) is 15.9 Å². The number of quaternary nitrogens is 1. The summed E-state index contributed by atoms with van der Waals surface area (Å²) in [6.45, 7) is -0.289.